The van der Waals surface area contributed by atoms with E-state index < -0.39 is 23.8 Å². The number of ether oxygens (including phenoxy) is 1. The van der Waals surface area contributed by atoms with Crippen LogP contribution in [0.4, 0.5) is 13.6 Å². The SMILES string of the molecule is COc1ncc(F)c(F)c1C1CCCN1C(=O)O. The third kappa shape index (κ3) is 1.96. The highest BCUT2D eigenvalue weighted by molar-refractivity contribution is 5.66. The molecule has 1 unspecified atom stereocenters. The highest BCUT2D eigenvalue weighted by Gasteiger charge is 2.35. The number of halogens is 2. The van der Waals surface area contributed by atoms with Crippen LogP contribution in [0.1, 0.15) is 24.4 Å². The van der Waals surface area contributed by atoms with Crippen molar-refractivity contribution in [1.29, 1.82) is 0 Å². The molecule has 0 aromatic carbocycles. The van der Waals surface area contributed by atoms with Crippen molar-refractivity contribution < 1.29 is 23.4 Å². The molecule has 98 valence electrons. The van der Waals surface area contributed by atoms with Crippen molar-refractivity contribution in [3.63, 3.8) is 0 Å². The molecule has 1 fully saturated rings. The highest BCUT2D eigenvalue weighted by Crippen LogP contribution is 2.38. The largest absolute Gasteiger partial charge is 0.481 e. The second-order valence-electron chi connectivity index (χ2n) is 3.98. The summed E-state index contributed by atoms with van der Waals surface area (Å²) in [6.45, 7) is 0.291. The van der Waals surface area contributed by atoms with Gasteiger partial charge in [0.1, 0.15) is 0 Å². The Hall–Kier alpha value is -1.92. The normalized spacial score (nSPS) is 19.1. The van der Waals surface area contributed by atoms with Crippen molar-refractivity contribution >= 4 is 6.09 Å². The van der Waals surface area contributed by atoms with Crippen LogP contribution in [-0.2, 0) is 0 Å². The maximum Gasteiger partial charge on any atom is 0.407 e. The van der Waals surface area contributed by atoms with E-state index in [0.29, 0.717) is 19.4 Å². The minimum atomic E-state index is -1.16. The molecule has 0 saturated carbocycles. The van der Waals surface area contributed by atoms with E-state index in [1.807, 2.05) is 0 Å². The smallest absolute Gasteiger partial charge is 0.407 e. The van der Waals surface area contributed by atoms with Gasteiger partial charge in [0.15, 0.2) is 11.6 Å². The van der Waals surface area contributed by atoms with Crippen LogP contribution in [0.25, 0.3) is 0 Å². The Balaban J connectivity index is 2.49. The zero-order chi connectivity index (χ0) is 13.3. The summed E-state index contributed by atoms with van der Waals surface area (Å²) in [4.78, 5) is 15.7. The van der Waals surface area contributed by atoms with Crippen molar-refractivity contribution in [2.24, 2.45) is 0 Å². The number of hydrogen-bond acceptors (Lipinski definition) is 3. The minimum absolute atomic E-state index is 0.0768. The standard InChI is InChI=1S/C11H12F2N2O3/c1-18-10-8(9(13)6(12)5-14-10)7-3-2-4-15(7)11(16)17/h5,7H,2-4H2,1H3,(H,16,17). The number of likely N-dealkylation sites (tertiary alicyclic amines) is 1. The molecule has 0 radical (unpaired) electrons. The van der Waals surface area contributed by atoms with Gasteiger partial charge in [-0.05, 0) is 12.8 Å². The molecule has 5 nitrogen and oxygen atoms in total. The molecule has 7 heteroatoms. The first-order valence-electron chi connectivity index (χ1n) is 5.43. The van der Waals surface area contributed by atoms with Crippen LogP contribution in [-0.4, -0.2) is 34.7 Å². The summed E-state index contributed by atoms with van der Waals surface area (Å²) in [5, 5.41) is 9.02. The Morgan fingerprint density at radius 1 is 1.61 bits per heavy atom. The fourth-order valence-corrected chi connectivity index (χ4v) is 2.21. The van der Waals surface area contributed by atoms with Crippen LogP contribution in [0.15, 0.2) is 6.20 Å². The van der Waals surface area contributed by atoms with Gasteiger partial charge in [0.2, 0.25) is 5.88 Å². The molecule has 1 saturated heterocycles. The number of hydrogen-bond donors (Lipinski definition) is 1. The minimum Gasteiger partial charge on any atom is -0.481 e. The zero-order valence-corrected chi connectivity index (χ0v) is 9.69. The second-order valence-corrected chi connectivity index (χ2v) is 3.98. The molecule has 18 heavy (non-hydrogen) atoms. The average Bonchev–Trinajstić information content (AvgIpc) is 2.81. The summed E-state index contributed by atoms with van der Waals surface area (Å²) in [6.07, 6.45) is 0.571. The van der Waals surface area contributed by atoms with Crippen molar-refractivity contribution in [3.05, 3.63) is 23.4 Å². The van der Waals surface area contributed by atoms with Crippen LogP contribution >= 0.6 is 0 Å². The summed E-state index contributed by atoms with van der Waals surface area (Å²) < 4.78 is 31.9. The van der Waals surface area contributed by atoms with E-state index in [1.165, 1.54) is 7.11 Å². The van der Waals surface area contributed by atoms with Crippen LogP contribution in [0.3, 0.4) is 0 Å². The molecule has 1 atom stereocenters. The molecule has 1 aromatic heterocycles. The van der Waals surface area contributed by atoms with E-state index >= 15 is 0 Å². The van der Waals surface area contributed by atoms with Crippen molar-refractivity contribution in [1.82, 2.24) is 9.88 Å². The lowest BCUT2D eigenvalue weighted by molar-refractivity contribution is 0.138. The fourth-order valence-electron chi connectivity index (χ4n) is 2.21. The maximum atomic E-state index is 13.8. The van der Waals surface area contributed by atoms with Crippen molar-refractivity contribution in [2.45, 2.75) is 18.9 Å². The summed E-state index contributed by atoms with van der Waals surface area (Å²) in [7, 11) is 1.28. The Labute approximate surface area is 102 Å². The molecular formula is C11H12F2N2O3. The van der Waals surface area contributed by atoms with Crippen LogP contribution in [0.5, 0.6) is 5.88 Å². The average molecular weight is 258 g/mol. The lowest BCUT2D eigenvalue weighted by Gasteiger charge is -2.23. The monoisotopic (exact) mass is 258 g/mol. The Kier molecular flexibility index (Phi) is 3.31. The number of amides is 1. The summed E-state index contributed by atoms with van der Waals surface area (Å²) in [5.74, 6) is -2.28. The maximum absolute atomic E-state index is 13.8. The van der Waals surface area contributed by atoms with Gasteiger partial charge >= 0.3 is 6.09 Å². The number of methoxy groups -OCH3 is 1. The number of rotatable bonds is 2. The molecular weight excluding hydrogens is 246 g/mol. The number of nitrogens with zero attached hydrogens (tertiary/aromatic N) is 2. The van der Waals surface area contributed by atoms with Gasteiger partial charge in [-0.25, -0.2) is 18.6 Å². The van der Waals surface area contributed by atoms with Crippen LogP contribution < -0.4 is 4.74 Å². The van der Waals surface area contributed by atoms with Gasteiger partial charge in [0, 0.05) is 6.54 Å². The Morgan fingerprint density at radius 2 is 2.33 bits per heavy atom. The molecule has 1 aliphatic rings. The molecule has 2 heterocycles. The van der Waals surface area contributed by atoms with E-state index in [4.69, 9.17) is 9.84 Å². The molecule has 1 amide bonds. The first-order valence-corrected chi connectivity index (χ1v) is 5.43. The Morgan fingerprint density at radius 3 is 2.94 bits per heavy atom. The number of aromatic nitrogens is 1. The van der Waals surface area contributed by atoms with E-state index in [9.17, 15) is 13.6 Å². The molecule has 0 bridgehead atoms. The van der Waals surface area contributed by atoms with Crippen LogP contribution in [0, 0.1) is 11.6 Å². The molecule has 1 N–H and O–H groups in total. The molecule has 0 aliphatic carbocycles. The van der Waals surface area contributed by atoms with Gasteiger partial charge in [-0.1, -0.05) is 0 Å². The molecule has 2 rings (SSSR count). The first-order chi connectivity index (χ1) is 8.56. The number of carbonyl (C=O) groups is 1. The first kappa shape index (κ1) is 12.5. The second kappa shape index (κ2) is 4.75. The third-order valence-corrected chi connectivity index (χ3v) is 3.00. The molecule has 0 spiro atoms. The van der Waals surface area contributed by atoms with E-state index in [0.717, 1.165) is 11.1 Å². The third-order valence-electron chi connectivity index (χ3n) is 3.00. The lowest BCUT2D eigenvalue weighted by Crippen LogP contribution is -2.29. The van der Waals surface area contributed by atoms with Gasteiger partial charge in [0.05, 0.1) is 24.9 Å². The zero-order valence-electron chi connectivity index (χ0n) is 9.69. The molecule has 1 aliphatic heterocycles. The molecule has 1 aromatic rings. The van der Waals surface area contributed by atoms with Crippen LogP contribution in [0.2, 0.25) is 0 Å². The van der Waals surface area contributed by atoms with Gasteiger partial charge in [0.25, 0.3) is 0 Å². The number of pyridine rings is 1. The Bertz CT molecular complexity index is 482. The highest BCUT2D eigenvalue weighted by atomic mass is 19.2. The quantitative estimate of drug-likeness (QED) is 0.883. The summed E-state index contributed by atoms with van der Waals surface area (Å²) >= 11 is 0. The predicted octanol–water partition coefficient (Wildman–Crippen LogP) is 2.18. The van der Waals surface area contributed by atoms with Gasteiger partial charge in [-0.3, -0.25) is 0 Å². The summed E-state index contributed by atoms with van der Waals surface area (Å²) in [6, 6.07) is -0.749. The predicted molar refractivity (Wildman–Crippen MR) is 57.4 cm³/mol. The van der Waals surface area contributed by atoms with E-state index in [1.54, 1.807) is 0 Å². The summed E-state index contributed by atoms with van der Waals surface area (Å²) in [5.41, 5.74) is -0.127. The lowest BCUT2D eigenvalue weighted by atomic mass is 10.1. The van der Waals surface area contributed by atoms with Gasteiger partial charge in [-0.2, -0.15) is 0 Å². The number of carboxylic acid groups (broad SMARTS) is 1. The van der Waals surface area contributed by atoms with E-state index in [-0.39, 0.29) is 11.4 Å². The fraction of sp³-hybridized carbons (Fsp3) is 0.455. The topological polar surface area (TPSA) is 62.7 Å². The van der Waals surface area contributed by atoms with Gasteiger partial charge < -0.3 is 14.7 Å². The van der Waals surface area contributed by atoms with Gasteiger partial charge in [-0.15, -0.1) is 0 Å². The van der Waals surface area contributed by atoms with Crippen molar-refractivity contribution in [3.8, 4) is 5.88 Å². The van der Waals surface area contributed by atoms with Crippen molar-refractivity contribution in [2.75, 3.05) is 13.7 Å². The van der Waals surface area contributed by atoms with E-state index in [2.05, 4.69) is 4.98 Å².